The second-order valence-electron chi connectivity index (χ2n) is 6.36. The van der Waals surface area contributed by atoms with Gasteiger partial charge < -0.3 is 0 Å². The first-order valence-corrected chi connectivity index (χ1v) is 8.06. The van der Waals surface area contributed by atoms with Crippen molar-refractivity contribution in [2.75, 3.05) is 0 Å². The van der Waals surface area contributed by atoms with E-state index in [1.54, 1.807) is 12.1 Å². The van der Waals surface area contributed by atoms with E-state index in [4.69, 9.17) is 0 Å². The fraction of sp³-hybridized carbons (Fsp3) is 0.474. The van der Waals surface area contributed by atoms with Gasteiger partial charge in [-0.3, -0.25) is 9.59 Å². The van der Waals surface area contributed by atoms with E-state index in [0.29, 0.717) is 17.0 Å². The molecule has 0 heterocycles. The van der Waals surface area contributed by atoms with Gasteiger partial charge in [-0.2, -0.15) is 0 Å². The molecule has 1 aromatic rings. The van der Waals surface area contributed by atoms with E-state index >= 15 is 0 Å². The molecule has 2 atom stereocenters. The maximum Gasteiger partial charge on any atom is 0.190 e. The Labute approximate surface area is 126 Å². The zero-order valence-electron chi connectivity index (χ0n) is 12.8. The lowest BCUT2D eigenvalue weighted by Crippen LogP contribution is -2.31. The molecule has 0 aromatic heterocycles. The third-order valence-corrected chi connectivity index (χ3v) is 5.00. The molecule has 2 unspecified atom stereocenters. The summed E-state index contributed by atoms with van der Waals surface area (Å²) in [5.41, 5.74) is 2.85. The van der Waals surface area contributed by atoms with E-state index in [1.807, 2.05) is 12.1 Å². The highest BCUT2D eigenvalue weighted by Gasteiger charge is 2.39. The summed E-state index contributed by atoms with van der Waals surface area (Å²) < 4.78 is 0. The molecule has 2 heteroatoms. The zero-order valence-corrected chi connectivity index (χ0v) is 12.8. The molecule has 110 valence electrons. The molecule has 0 radical (unpaired) electrons. The summed E-state index contributed by atoms with van der Waals surface area (Å²) >= 11 is 0. The topological polar surface area (TPSA) is 34.1 Å². The van der Waals surface area contributed by atoms with Crippen LogP contribution in [0.15, 0.2) is 35.4 Å². The fourth-order valence-corrected chi connectivity index (χ4v) is 3.96. The Bertz CT molecular complexity index is 624. The number of allylic oxidation sites excluding steroid dienone is 2. The number of rotatable bonds is 3. The number of fused-ring (bicyclic) bond motifs is 1. The van der Waals surface area contributed by atoms with Gasteiger partial charge in [0.1, 0.15) is 0 Å². The van der Waals surface area contributed by atoms with Crippen molar-refractivity contribution < 1.29 is 9.59 Å². The summed E-state index contributed by atoms with van der Waals surface area (Å²) in [5, 5.41) is 0. The van der Waals surface area contributed by atoms with E-state index in [9.17, 15) is 9.59 Å². The fourth-order valence-electron chi connectivity index (χ4n) is 3.96. The molecule has 2 aliphatic carbocycles. The Kier molecular flexibility index (Phi) is 3.79. The van der Waals surface area contributed by atoms with Gasteiger partial charge in [-0.25, -0.2) is 0 Å². The largest absolute Gasteiger partial charge is 0.289 e. The summed E-state index contributed by atoms with van der Waals surface area (Å²) in [5.74, 6) is 0.933. The van der Waals surface area contributed by atoms with Crippen molar-refractivity contribution in [3.8, 4) is 0 Å². The Morgan fingerprint density at radius 3 is 2.48 bits per heavy atom. The predicted octanol–water partition coefficient (Wildman–Crippen LogP) is 4.60. The highest BCUT2D eigenvalue weighted by Crippen LogP contribution is 2.42. The van der Waals surface area contributed by atoms with Gasteiger partial charge in [0, 0.05) is 22.3 Å². The quantitative estimate of drug-likeness (QED) is 0.812. The molecule has 0 saturated carbocycles. The number of carbonyl (C=O) groups excluding carboxylic acids is 2. The van der Waals surface area contributed by atoms with Crippen LogP contribution in [0.5, 0.6) is 0 Å². The second kappa shape index (κ2) is 5.59. The van der Waals surface area contributed by atoms with Crippen LogP contribution < -0.4 is 0 Å². The van der Waals surface area contributed by atoms with Crippen LogP contribution in [0.4, 0.5) is 0 Å². The maximum absolute atomic E-state index is 12.9. The average Bonchev–Trinajstić information content (AvgIpc) is 2.52. The Morgan fingerprint density at radius 2 is 1.81 bits per heavy atom. The van der Waals surface area contributed by atoms with Gasteiger partial charge in [0.15, 0.2) is 11.6 Å². The van der Waals surface area contributed by atoms with Crippen molar-refractivity contribution in [2.24, 2.45) is 11.8 Å². The van der Waals surface area contributed by atoms with E-state index in [1.165, 1.54) is 0 Å². The smallest absolute Gasteiger partial charge is 0.190 e. The van der Waals surface area contributed by atoms with Crippen LogP contribution in [0.2, 0.25) is 0 Å². The molecule has 0 aliphatic heterocycles. The first-order chi connectivity index (χ1) is 10.1. The molecular formula is C19H22O2. The standard InChI is InChI=1S/C19H22O2/c1-3-7-12(2)13-10-6-11-16-17(13)19(21)15-9-5-4-8-14(15)18(16)20/h4-5,8-9,12-13H,3,6-7,10-11H2,1-2H3. The number of carbonyl (C=O) groups is 2. The minimum atomic E-state index is 0.0913. The molecule has 0 N–H and O–H groups in total. The first kappa shape index (κ1) is 14.2. The highest BCUT2D eigenvalue weighted by atomic mass is 16.1. The molecule has 2 aliphatic rings. The summed E-state index contributed by atoms with van der Waals surface area (Å²) in [6, 6.07) is 7.28. The van der Waals surface area contributed by atoms with Gasteiger partial charge in [-0.05, 0) is 31.1 Å². The summed E-state index contributed by atoms with van der Waals surface area (Å²) in [4.78, 5) is 25.6. The van der Waals surface area contributed by atoms with Crippen molar-refractivity contribution in [3.63, 3.8) is 0 Å². The number of benzene rings is 1. The minimum Gasteiger partial charge on any atom is -0.289 e. The lowest BCUT2D eigenvalue weighted by molar-refractivity contribution is 0.0946. The van der Waals surface area contributed by atoms with Crippen molar-refractivity contribution in [3.05, 3.63) is 46.5 Å². The SMILES string of the molecule is CCCC(C)C1CCCC2=C1C(=O)c1ccccc1C2=O. The molecule has 0 amide bonds. The van der Waals surface area contributed by atoms with Gasteiger partial charge in [-0.1, -0.05) is 51.0 Å². The van der Waals surface area contributed by atoms with Crippen molar-refractivity contribution >= 4 is 11.6 Å². The molecule has 0 spiro atoms. The van der Waals surface area contributed by atoms with Crippen LogP contribution >= 0.6 is 0 Å². The number of hydrogen-bond donors (Lipinski definition) is 0. The zero-order chi connectivity index (χ0) is 15.0. The van der Waals surface area contributed by atoms with E-state index in [2.05, 4.69) is 13.8 Å². The lowest BCUT2D eigenvalue weighted by Gasteiger charge is -2.34. The summed E-state index contributed by atoms with van der Waals surface area (Å²) in [6.07, 6.45) is 5.08. The van der Waals surface area contributed by atoms with Gasteiger partial charge in [-0.15, -0.1) is 0 Å². The van der Waals surface area contributed by atoms with Crippen LogP contribution in [0.25, 0.3) is 0 Å². The predicted molar refractivity (Wildman–Crippen MR) is 83.5 cm³/mol. The molecule has 1 aromatic carbocycles. The molecule has 3 rings (SSSR count). The van der Waals surface area contributed by atoms with Gasteiger partial charge in [0.2, 0.25) is 0 Å². The number of ketones is 2. The monoisotopic (exact) mass is 282 g/mol. The van der Waals surface area contributed by atoms with Crippen molar-refractivity contribution in [1.29, 1.82) is 0 Å². The molecule has 21 heavy (non-hydrogen) atoms. The van der Waals surface area contributed by atoms with Crippen LogP contribution in [-0.2, 0) is 0 Å². The minimum absolute atomic E-state index is 0.0913. The van der Waals surface area contributed by atoms with E-state index in [0.717, 1.165) is 43.3 Å². The first-order valence-electron chi connectivity index (χ1n) is 8.06. The van der Waals surface area contributed by atoms with Crippen LogP contribution in [0.3, 0.4) is 0 Å². The van der Waals surface area contributed by atoms with Crippen LogP contribution in [0, 0.1) is 11.8 Å². The third-order valence-electron chi connectivity index (χ3n) is 5.00. The molecule has 2 nitrogen and oxygen atoms in total. The molecule has 0 fully saturated rings. The second-order valence-corrected chi connectivity index (χ2v) is 6.36. The van der Waals surface area contributed by atoms with E-state index < -0.39 is 0 Å². The lowest BCUT2D eigenvalue weighted by atomic mass is 9.68. The molecule has 0 saturated heterocycles. The Balaban J connectivity index is 2.08. The number of Topliss-reactive ketones (excluding diaryl/α,β-unsaturated/α-hetero) is 2. The van der Waals surface area contributed by atoms with E-state index in [-0.39, 0.29) is 17.5 Å². The van der Waals surface area contributed by atoms with Crippen molar-refractivity contribution in [2.45, 2.75) is 46.0 Å². The average molecular weight is 282 g/mol. The summed E-state index contributed by atoms with van der Waals surface area (Å²) in [6.45, 7) is 4.40. The third kappa shape index (κ3) is 2.27. The van der Waals surface area contributed by atoms with Crippen LogP contribution in [0.1, 0.15) is 66.7 Å². The number of hydrogen-bond acceptors (Lipinski definition) is 2. The van der Waals surface area contributed by atoms with Crippen molar-refractivity contribution in [1.82, 2.24) is 0 Å². The highest BCUT2D eigenvalue weighted by molar-refractivity contribution is 6.27. The van der Waals surface area contributed by atoms with Crippen LogP contribution in [-0.4, -0.2) is 11.6 Å². The summed E-state index contributed by atoms with van der Waals surface area (Å²) in [7, 11) is 0. The Hall–Kier alpha value is -1.70. The normalized spacial score (nSPS) is 22.9. The van der Waals surface area contributed by atoms with Gasteiger partial charge >= 0.3 is 0 Å². The molecule has 0 bridgehead atoms. The Morgan fingerprint density at radius 1 is 1.14 bits per heavy atom. The molecular weight excluding hydrogens is 260 g/mol. The maximum atomic E-state index is 12.9. The van der Waals surface area contributed by atoms with Gasteiger partial charge in [0.05, 0.1) is 0 Å². The van der Waals surface area contributed by atoms with Gasteiger partial charge in [0.25, 0.3) is 0 Å².